The van der Waals surface area contributed by atoms with Gasteiger partial charge in [-0.15, -0.1) is 0 Å². The third-order valence-corrected chi connectivity index (χ3v) is 1.48. The van der Waals surface area contributed by atoms with E-state index in [4.69, 9.17) is 0 Å². The van der Waals surface area contributed by atoms with E-state index in [1.54, 1.807) is 0 Å². The van der Waals surface area contributed by atoms with Crippen molar-refractivity contribution < 1.29 is 9.90 Å². The minimum absolute atomic E-state index is 0.304. The minimum atomic E-state index is -1.13. The maximum Gasteiger partial charge on any atom is 0.254 e. The first-order chi connectivity index (χ1) is 5.19. The van der Waals surface area contributed by atoms with Gasteiger partial charge >= 0.3 is 0 Å². The summed E-state index contributed by atoms with van der Waals surface area (Å²) in [6, 6.07) is 0. The van der Waals surface area contributed by atoms with Crippen molar-refractivity contribution in [3.63, 3.8) is 0 Å². The third kappa shape index (κ3) is 2.17. The topological polar surface area (TPSA) is 61.4 Å². The van der Waals surface area contributed by atoms with E-state index in [1.807, 2.05) is 13.8 Å². The Bertz CT molecular complexity index is 132. The van der Waals surface area contributed by atoms with Gasteiger partial charge < -0.3 is 15.7 Å². The van der Waals surface area contributed by atoms with Crippen molar-refractivity contribution in [3.05, 3.63) is 0 Å². The molecule has 1 aliphatic rings. The number of carbonyl (C=O) groups is 1. The van der Waals surface area contributed by atoms with Gasteiger partial charge in [-0.3, -0.25) is 4.79 Å². The van der Waals surface area contributed by atoms with E-state index in [-0.39, 0.29) is 5.91 Å². The first kappa shape index (κ1) is 10.4. The van der Waals surface area contributed by atoms with E-state index in [9.17, 15) is 9.90 Å². The van der Waals surface area contributed by atoms with Gasteiger partial charge in [0.15, 0.2) is 5.60 Å². The number of hydrogen-bond donors (Lipinski definition) is 3. The van der Waals surface area contributed by atoms with Crippen molar-refractivity contribution in [2.75, 3.05) is 20.1 Å². The van der Waals surface area contributed by atoms with Crippen LogP contribution in [0.1, 0.15) is 13.8 Å². The Balaban J connectivity index is 0.000000461. The molecule has 0 radical (unpaired) electrons. The molecule has 66 valence electrons. The minimum Gasteiger partial charge on any atom is -0.377 e. The first-order valence-corrected chi connectivity index (χ1v) is 3.84. The van der Waals surface area contributed by atoms with Crippen LogP contribution in [0.15, 0.2) is 0 Å². The zero-order chi connectivity index (χ0) is 8.91. The second kappa shape index (κ2) is 4.31. The Labute approximate surface area is 67.0 Å². The van der Waals surface area contributed by atoms with Crippen molar-refractivity contribution in [2.24, 2.45) is 0 Å². The molecule has 0 atom stereocenters. The highest BCUT2D eigenvalue weighted by atomic mass is 16.3. The van der Waals surface area contributed by atoms with Gasteiger partial charge in [0.1, 0.15) is 0 Å². The summed E-state index contributed by atoms with van der Waals surface area (Å²) >= 11 is 0. The summed E-state index contributed by atoms with van der Waals surface area (Å²) in [4.78, 5) is 10.7. The normalized spacial score (nSPS) is 18.9. The van der Waals surface area contributed by atoms with Crippen LogP contribution in [0.3, 0.4) is 0 Å². The Morgan fingerprint density at radius 2 is 2.00 bits per heavy atom. The predicted molar refractivity (Wildman–Crippen MR) is 43.2 cm³/mol. The van der Waals surface area contributed by atoms with E-state index >= 15 is 0 Å². The number of amides is 1. The van der Waals surface area contributed by atoms with Crippen LogP contribution >= 0.6 is 0 Å². The summed E-state index contributed by atoms with van der Waals surface area (Å²) in [6.07, 6.45) is 0. The Hall–Kier alpha value is -0.610. The molecular weight excluding hydrogens is 144 g/mol. The highest BCUT2D eigenvalue weighted by Crippen LogP contribution is 2.08. The van der Waals surface area contributed by atoms with Gasteiger partial charge in [-0.05, 0) is 0 Å². The van der Waals surface area contributed by atoms with Crippen LogP contribution in [0.25, 0.3) is 0 Å². The van der Waals surface area contributed by atoms with Crippen molar-refractivity contribution in [1.29, 1.82) is 0 Å². The van der Waals surface area contributed by atoms with Gasteiger partial charge in [0.05, 0.1) is 0 Å². The van der Waals surface area contributed by atoms with Gasteiger partial charge in [0.2, 0.25) is 0 Å². The van der Waals surface area contributed by atoms with Crippen molar-refractivity contribution in [2.45, 2.75) is 19.4 Å². The Morgan fingerprint density at radius 1 is 1.55 bits per heavy atom. The molecule has 4 heteroatoms. The molecule has 11 heavy (non-hydrogen) atoms. The predicted octanol–water partition coefficient (Wildman–Crippen LogP) is -0.907. The van der Waals surface area contributed by atoms with Crippen molar-refractivity contribution >= 4 is 5.91 Å². The number of aliphatic hydroxyl groups is 1. The van der Waals surface area contributed by atoms with Crippen LogP contribution in [0, 0.1) is 0 Å². The average Bonchev–Trinajstić information content (AvgIpc) is 2.02. The maximum absolute atomic E-state index is 10.7. The van der Waals surface area contributed by atoms with Crippen LogP contribution in [-0.4, -0.2) is 36.8 Å². The molecule has 0 aromatic carbocycles. The van der Waals surface area contributed by atoms with Crippen LogP contribution in [0.4, 0.5) is 0 Å². The first-order valence-electron chi connectivity index (χ1n) is 3.84. The Kier molecular flexibility index (Phi) is 4.07. The van der Waals surface area contributed by atoms with Gasteiger partial charge in [-0.2, -0.15) is 0 Å². The monoisotopic (exact) mass is 160 g/mol. The van der Waals surface area contributed by atoms with E-state index in [2.05, 4.69) is 10.6 Å². The van der Waals surface area contributed by atoms with Crippen LogP contribution < -0.4 is 10.6 Å². The summed E-state index contributed by atoms with van der Waals surface area (Å²) in [5, 5.41) is 14.4. The summed E-state index contributed by atoms with van der Waals surface area (Å²) in [5.74, 6) is -0.304. The molecule has 0 bridgehead atoms. The number of nitrogens with one attached hydrogen (secondary N) is 2. The number of rotatable bonds is 1. The fourth-order valence-electron chi connectivity index (χ4n) is 0.755. The third-order valence-electron chi connectivity index (χ3n) is 1.48. The molecule has 0 aliphatic carbocycles. The molecule has 0 unspecified atom stereocenters. The molecule has 1 heterocycles. The summed E-state index contributed by atoms with van der Waals surface area (Å²) in [7, 11) is 1.51. The molecule has 0 spiro atoms. The van der Waals surface area contributed by atoms with Gasteiger partial charge in [-0.25, -0.2) is 0 Å². The molecule has 1 aliphatic heterocycles. The van der Waals surface area contributed by atoms with E-state index in [0.29, 0.717) is 13.1 Å². The second-order valence-electron chi connectivity index (χ2n) is 2.21. The highest BCUT2D eigenvalue weighted by Gasteiger charge is 2.41. The number of hydrogen-bond acceptors (Lipinski definition) is 3. The fourth-order valence-corrected chi connectivity index (χ4v) is 0.755. The molecule has 3 N–H and O–H groups in total. The molecule has 1 fully saturated rings. The van der Waals surface area contributed by atoms with Crippen LogP contribution in [-0.2, 0) is 4.79 Å². The zero-order valence-electron chi connectivity index (χ0n) is 7.27. The van der Waals surface area contributed by atoms with Crippen LogP contribution in [0.2, 0.25) is 0 Å². The molecule has 1 amide bonds. The number of likely N-dealkylation sites (N-methyl/N-ethyl adjacent to an activating group) is 1. The van der Waals surface area contributed by atoms with Gasteiger partial charge in [0, 0.05) is 20.1 Å². The smallest absolute Gasteiger partial charge is 0.254 e. The molecule has 0 aromatic rings. The lowest BCUT2D eigenvalue weighted by molar-refractivity contribution is -0.144. The SMILES string of the molecule is CC.CNC(=O)C1(O)CNC1. The van der Waals surface area contributed by atoms with Crippen LogP contribution in [0.5, 0.6) is 0 Å². The number of carbonyl (C=O) groups excluding carboxylic acids is 1. The molecule has 0 aromatic heterocycles. The number of β-amino-alcohol motifs (C(OH)–C–C–N with tert-alkyl or cyclic N) is 1. The molecule has 1 rings (SSSR count). The molecular formula is C7H16N2O2. The molecule has 1 saturated heterocycles. The molecule has 0 saturated carbocycles. The van der Waals surface area contributed by atoms with Gasteiger partial charge in [0.25, 0.3) is 5.91 Å². The fraction of sp³-hybridized carbons (Fsp3) is 0.857. The Morgan fingerprint density at radius 3 is 2.09 bits per heavy atom. The second-order valence-corrected chi connectivity index (χ2v) is 2.21. The van der Waals surface area contributed by atoms with Crippen molar-refractivity contribution in [3.8, 4) is 0 Å². The van der Waals surface area contributed by atoms with Crippen molar-refractivity contribution in [1.82, 2.24) is 10.6 Å². The lowest BCUT2D eigenvalue weighted by Gasteiger charge is -2.35. The summed E-state index contributed by atoms with van der Waals surface area (Å²) in [6.45, 7) is 4.74. The molecule has 4 nitrogen and oxygen atoms in total. The van der Waals surface area contributed by atoms with E-state index in [1.165, 1.54) is 7.05 Å². The van der Waals surface area contributed by atoms with E-state index < -0.39 is 5.60 Å². The maximum atomic E-state index is 10.7. The average molecular weight is 160 g/mol. The lowest BCUT2D eigenvalue weighted by atomic mass is 9.96. The lowest BCUT2D eigenvalue weighted by Crippen LogP contribution is -2.66. The largest absolute Gasteiger partial charge is 0.377 e. The highest BCUT2D eigenvalue weighted by molar-refractivity contribution is 5.86. The standard InChI is InChI=1S/C5H10N2O2.C2H6/c1-6-4(8)5(9)2-7-3-5;1-2/h7,9H,2-3H2,1H3,(H,6,8);1-2H3. The summed E-state index contributed by atoms with van der Waals surface area (Å²) in [5.41, 5.74) is -1.13. The summed E-state index contributed by atoms with van der Waals surface area (Å²) < 4.78 is 0. The quantitative estimate of drug-likeness (QED) is 0.465. The van der Waals surface area contributed by atoms with Gasteiger partial charge in [-0.1, -0.05) is 13.8 Å². The zero-order valence-corrected chi connectivity index (χ0v) is 7.27. The van der Waals surface area contributed by atoms with E-state index in [0.717, 1.165) is 0 Å².